The zero-order valence-corrected chi connectivity index (χ0v) is 13.6. The van der Waals surface area contributed by atoms with Crippen molar-refractivity contribution in [1.29, 1.82) is 0 Å². The molecule has 3 N–H and O–H groups in total. The topological polar surface area (TPSA) is 72.2 Å². The number of nitrogens with one attached hydrogen (secondary N) is 1. The first-order valence-corrected chi connectivity index (χ1v) is 9.30. The molecule has 5 heteroatoms. The van der Waals surface area contributed by atoms with E-state index in [0.717, 1.165) is 17.5 Å². The second-order valence-corrected chi connectivity index (χ2v) is 7.73. The summed E-state index contributed by atoms with van der Waals surface area (Å²) in [4.78, 5) is 0.356. The SMILES string of the molecule is Cc1ccc(CN)cc1S(=O)(=O)NCCC1CCCCC1. The summed E-state index contributed by atoms with van der Waals surface area (Å²) in [6, 6.07) is 5.37. The number of sulfonamides is 1. The molecule has 2 rings (SSSR count). The lowest BCUT2D eigenvalue weighted by molar-refractivity contribution is 0.339. The quantitative estimate of drug-likeness (QED) is 0.848. The third-order valence-corrected chi connectivity index (χ3v) is 5.95. The van der Waals surface area contributed by atoms with E-state index >= 15 is 0 Å². The standard InChI is InChI=1S/C16H26N2O2S/c1-13-7-8-15(12-17)11-16(13)21(19,20)18-10-9-14-5-3-2-4-6-14/h7-8,11,14,18H,2-6,9-10,12,17H2,1H3. The normalized spacial score (nSPS) is 17.0. The van der Waals surface area contributed by atoms with E-state index in [4.69, 9.17) is 5.73 Å². The molecule has 0 unspecified atom stereocenters. The van der Waals surface area contributed by atoms with E-state index in [1.165, 1.54) is 32.1 Å². The van der Waals surface area contributed by atoms with Crippen LogP contribution in [0.3, 0.4) is 0 Å². The van der Waals surface area contributed by atoms with E-state index in [1.807, 2.05) is 19.1 Å². The molecule has 0 bridgehead atoms. The van der Waals surface area contributed by atoms with Gasteiger partial charge in [0.2, 0.25) is 10.0 Å². The molecule has 21 heavy (non-hydrogen) atoms. The van der Waals surface area contributed by atoms with Gasteiger partial charge in [0, 0.05) is 13.1 Å². The lowest BCUT2D eigenvalue weighted by Gasteiger charge is -2.21. The van der Waals surface area contributed by atoms with Crippen LogP contribution < -0.4 is 10.5 Å². The summed E-state index contributed by atoms with van der Waals surface area (Å²) in [5, 5.41) is 0. The minimum absolute atomic E-state index is 0.352. The Balaban J connectivity index is 1.97. The van der Waals surface area contributed by atoms with Crippen molar-refractivity contribution in [3.63, 3.8) is 0 Å². The number of nitrogens with two attached hydrogens (primary N) is 1. The number of hydrogen-bond donors (Lipinski definition) is 2. The fourth-order valence-corrected chi connectivity index (χ4v) is 4.35. The average molecular weight is 310 g/mol. The third-order valence-electron chi connectivity index (χ3n) is 4.35. The second-order valence-electron chi connectivity index (χ2n) is 5.99. The van der Waals surface area contributed by atoms with Crippen LogP contribution in [-0.4, -0.2) is 15.0 Å². The Hall–Kier alpha value is -0.910. The van der Waals surface area contributed by atoms with Gasteiger partial charge in [-0.05, 0) is 36.5 Å². The van der Waals surface area contributed by atoms with Crippen molar-refractivity contribution in [2.45, 2.75) is 56.9 Å². The Morgan fingerprint density at radius 3 is 2.62 bits per heavy atom. The summed E-state index contributed by atoms with van der Waals surface area (Å²) in [5.41, 5.74) is 7.20. The van der Waals surface area contributed by atoms with E-state index in [1.54, 1.807) is 6.07 Å². The van der Waals surface area contributed by atoms with Crippen molar-refractivity contribution in [2.75, 3.05) is 6.54 Å². The third kappa shape index (κ3) is 4.53. The first-order valence-electron chi connectivity index (χ1n) is 7.82. The van der Waals surface area contributed by atoms with Gasteiger partial charge in [-0.2, -0.15) is 0 Å². The monoisotopic (exact) mass is 310 g/mol. The molecule has 1 aliphatic rings. The fourth-order valence-electron chi connectivity index (χ4n) is 3.01. The van der Waals surface area contributed by atoms with Gasteiger partial charge in [-0.3, -0.25) is 0 Å². The van der Waals surface area contributed by atoms with Crippen LogP contribution in [0.5, 0.6) is 0 Å². The molecule has 0 heterocycles. The van der Waals surface area contributed by atoms with Gasteiger partial charge in [-0.1, -0.05) is 44.2 Å². The first kappa shape index (κ1) is 16.5. The molecular formula is C16H26N2O2S. The molecule has 4 nitrogen and oxygen atoms in total. The summed E-state index contributed by atoms with van der Waals surface area (Å²) >= 11 is 0. The van der Waals surface area contributed by atoms with Crippen LogP contribution in [0.2, 0.25) is 0 Å². The minimum Gasteiger partial charge on any atom is -0.326 e. The highest BCUT2D eigenvalue weighted by Crippen LogP contribution is 2.26. The summed E-state index contributed by atoms with van der Waals surface area (Å²) < 4.78 is 27.6. The minimum atomic E-state index is -3.43. The Kier molecular flexibility index (Phi) is 5.79. The Labute approximate surface area is 128 Å². The molecule has 0 saturated heterocycles. The van der Waals surface area contributed by atoms with Gasteiger partial charge in [-0.25, -0.2) is 13.1 Å². The summed E-state index contributed by atoms with van der Waals surface area (Å²) in [6.07, 6.45) is 7.32. The highest BCUT2D eigenvalue weighted by molar-refractivity contribution is 7.89. The van der Waals surface area contributed by atoms with Gasteiger partial charge >= 0.3 is 0 Å². The number of rotatable bonds is 6. The van der Waals surface area contributed by atoms with E-state index in [2.05, 4.69) is 4.72 Å². The molecular weight excluding hydrogens is 284 g/mol. The van der Waals surface area contributed by atoms with Crippen molar-refractivity contribution in [1.82, 2.24) is 4.72 Å². The van der Waals surface area contributed by atoms with Crippen LogP contribution in [-0.2, 0) is 16.6 Å². The van der Waals surface area contributed by atoms with Crippen molar-refractivity contribution in [3.05, 3.63) is 29.3 Å². The van der Waals surface area contributed by atoms with Crippen molar-refractivity contribution < 1.29 is 8.42 Å². The lowest BCUT2D eigenvalue weighted by atomic mass is 9.87. The molecule has 0 aromatic heterocycles. The van der Waals surface area contributed by atoms with E-state index < -0.39 is 10.0 Å². The van der Waals surface area contributed by atoms with Crippen LogP contribution in [0.25, 0.3) is 0 Å². The average Bonchev–Trinajstić information content (AvgIpc) is 2.48. The Bertz CT molecular complexity index is 564. The molecule has 0 spiro atoms. The molecule has 118 valence electrons. The van der Waals surface area contributed by atoms with Gasteiger partial charge in [0.1, 0.15) is 0 Å². The Morgan fingerprint density at radius 2 is 1.95 bits per heavy atom. The molecule has 1 saturated carbocycles. The maximum absolute atomic E-state index is 12.4. The Morgan fingerprint density at radius 1 is 1.24 bits per heavy atom. The second kappa shape index (κ2) is 7.38. The predicted octanol–water partition coefficient (Wildman–Crippen LogP) is 2.70. The van der Waals surface area contributed by atoms with Crippen LogP contribution in [0.1, 0.15) is 49.7 Å². The van der Waals surface area contributed by atoms with E-state index in [9.17, 15) is 8.42 Å². The maximum Gasteiger partial charge on any atom is 0.240 e. The van der Waals surface area contributed by atoms with Crippen LogP contribution in [0.15, 0.2) is 23.1 Å². The molecule has 0 atom stereocenters. The van der Waals surface area contributed by atoms with Gasteiger partial charge < -0.3 is 5.73 Å². The molecule has 1 aliphatic carbocycles. The molecule has 1 fully saturated rings. The van der Waals surface area contributed by atoms with Crippen molar-refractivity contribution >= 4 is 10.0 Å². The maximum atomic E-state index is 12.4. The van der Waals surface area contributed by atoms with Gasteiger partial charge in [0.05, 0.1) is 4.90 Å². The van der Waals surface area contributed by atoms with Gasteiger partial charge in [-0.15, -0.1) is 0 Å². The van der Waals surface area contributed by atoms with Crippen LogP contribution >= 0.6 is 0 Å². The fraction of sp³-hybridized carbons (Fsp3) is 0.625. The molecule has 1 aromatic rings. The van der Waals surface area contributed by atoms with Gasteiger partial charge in [0.15, 0.2) is 0 Å². The molecule has 0 radical (unpaired) electrons. The lowest BCUT2D eigenvalue weighted by Crippen LogP contribution is -2.27. The van der Waals surface area contributed by atoms with Crippen LogP contribution in [0.4, 0.5) is 0 Å². The highest BCUT2D eigenvalue weighted by atomic mass is 32.2. The largest absolute Gasteiger partial charge is 0.326 e. The summed E-state index contributed by atoms with van der Waals surface area (Å²) in [6.45, 7) is 2.69. The zero-order chi connectivity index (χ0) is 15.3. The summed E-state index contributed by atoms with van der Waals surface area (Å²) in [5.74, 6) is 0.679. The molecule has 0 aliphatic heterocycles. The summed E-state index contributed by atoms with van der Waals surface area (Å²) in [7, 11) is -3.43. The van der Waals surface area contributed by atoms with E-state index in [-0.39, 0.29) is 0 Å². The zero-order valence-electron chi connectivity index (χ0n) is 12.8. The number of aryl methyl sites for hydroxylation is 1. The smallest absolute Gasteiger partial charge is 0.240 e. The predicted molar refractivity (Wildman–Crippen MR) is 85.5 cm³/mol. The number of hydrogen-bond acceptors (Lipinski definition) is 3. The van der Waals surface area contributed by atoms with Crippen molar-refractivity contribution in [2.24, 2.45) is 11.7 Å². The molecule has 1 aromatic carbocycles. The first-order chi connectivity index (χ1) is 10.0. The number of benzene rings is 1. The molecule has 0 amide bonds. The van der Waals surface area contributed by atoms with Crippen molar-refractivity contribution in [3.8, 4) is 0 Å². The van der Waals surface area contributed by atoms with Gasteiger partial charge in [0.25, 0.3) is 0 Å². The van der Waals surface area contributed by atoms with E-state index in [0.29, 0.717) is 23.9 Å². The van der Waals surface area contributed by atoms with Crippen LogP contribution in [0, 0.1) is 12.8 Å². The highest BCUT2D eigenvalue weighted by Gasteiger charge is 2.18.